The van der Waals surface area contributed by atoms with E-state index in [0.717, 1.165) is 6.42 Å². The summed E-state index contributed by atoms with van der Waals surface area (Å²) in [7, 11) is 2.01. The maximum Gasteiger partial charge on any atom is 0.128 e. The van der Waals surface area contributed by atoms with Crippen molar-refractivity contribution in [1.29, 1.82) is 5.41 Å². The van der Waals surface area contributed by atoms with E-state index >= 15 is 0 Å². The van der Waals surface area contributed by atoms with E-state index in [1.165, 1.54) is 6.07 Å². The van der Waals surface area contributed by atoms with Gasteiger partial charge in [0.05, 0.1) is 0 Å². The minimum atomic E-state index is -0.295. The second-order valence-corrected chi connectivity index (χ2v) is 5.61. The van der Waals surface area contributed by atoms with Gasteiger partial charge < -0.3 is 5.73 Å². The molecule has 1 unspecified atom stereocenters. The van der Waals surface area contributed by atoms with E-state index in [9.17, 15) is 4.39 Å². The molecule has 1 atom stereocenters. The Hall–Kier alpha value is -1.42. The Morgan fingerprint density at radius 2 is 2.00 bits per heavy atom. The van der Waals surface area contributed by atoms with Crippen molar-refractivity contribution in [3.05, 3.63) is 35.1 Å². The van der Waals surface area contributed by atoms with Gasteiger partial charge in [0.1, 0.15) is 11.7 Å². The van der Waals surface area contributed by atoms with Crippen LogP contribution in [-0.4, -0.2) is 23.8 Å². The molecule has 0 amide bonds. The lowest BCUT2D eigenvalue weighted by Crippen LogP contribution is -2.30. The largest absolute Gasteiger partial charge is 0.384 e. The Bertz CT molecular complexity index is 443. The second-order valence-electron chi connectivity index (χ2n) is 5.61. The van der Waals surface area contributed by atoms with Crippen molar-refractivity contribution in [2.45, 2.75) is 39.8 Å². The van der Waals surface area contributed by atoms with Crippen LogP contribution in [0.2, 0.25) is 0 Å². The van der Waals surface area contributed by atoms with E-state index in [0.29, 0.717) is 29.6 Å². The van der Waals surface area contributed by atoms with Gasteiger partial charge in [-0.1, -0.05) is 26.0 Å². The predicted octanol–water partition coefficient (Wildman–Crippen LogP) is 2.98. The van der Waals surface area contributed by atoms with Gasteiger partial charge in [-0.2, -0.15) is 0 Å². The van der Waals surface area contributed by atoms with Crippen LogP contribution in [0, 0.1) is 17.1 Å². The molecule has 3 N–H and O–H groups in total. The number of nitrogens with zero attached hydrogens (tertiary/aromatic N) is 1. The van der Waals surface area contributed by atoms with Crippen LogP contribution in [0.3, 0.4) is 0 Å². The van der Waals surface area contributed by atoms with Gasteiger partial charge in [0.2, 0.25) is 0 Å². The van der Waals surface area contributed by atoms with Crippen molar-refractivity contribution in [2.24, 2.45) is 11.7 Å². The fourth-order valence-corrected chi connectivity index (χ4v) is 2.13. The van der Waals surface area contributed by atoms with Crippen molar-refractivity contribution < 1.29 is 4.39 Å². The SMILES string of the molecule is CC(C)CC(C)N(C)Cc1ccc(C(=N)N)cc1F. The first kappa shape index (κ1) is 15.6. The molecule has 0 bridgehead atoms. The summed E-state index contributed by atoms with van der Waals surface area (Å²) in [6.45, 7) is 7.10. The second kappa shape index (κ2) is 6.66. The Labute approximate surface area is 115 Å². The third-order valence-electron chi connectivity index (χ3n) is 3.35. The molecule has 0 spiro atoms. The molecule has 1 aromatic rings. The molecular weight excluding hydrogens is 241 g/mol. The highest BCUT2D eigenvalue weighted by molar-refractivity contribution is 5.94. The molecule has 0 aromatic heterocycles. The van der Waals surface area contributed by atoms with Crippen LogP contribution in [0.5, 0.6) is 0 Å². The Balaban J connectivity index is 2.74. The molecule has 0 heterocycles. The summed E-state index contributed by atoms with van der Waals surface area (Å²) >= 11 is 0. The highest BCUT2D eigenvalue weighted by Crippen LogP contribution is 2.16. The van der Waals surface area contributed by atoms with Gasteiger partial charge in [0.25, 0.3) is 0 Å². The molecule has 0 radical (unpaired) electrons. The summed E-state index contributed by atoms with van der Waals surface area (Å²) in [5, 5.41) is 7.29. The van der Waals surface area contributed by atoms with Gasteiger partial charge in [-0.25, -0.2) is 4.39 Å². The average Bonchev–Trinajstić information content (AvgIpc) is 2.30. The van der Waals surface area contributed by atoms with Crippen LogP contribution in [0.15, 0.2) is 18.2 Å². The zero-order chi connectivity index (χ0) is 14.6. The van der Waals surface area contributed by atoms with Gasteiger partial charge in [0.15, 0.2) is 0 Å². The summed E-state index contributed by atoms with van der Waals surface area (Å²) in [6.07, 6.45) is 1.09. The molecule has 0 saturated carbocycles. The smallest absolute Gasteiger partial charge is 0.128 e. The van der Waals surface area contributed by atoms with Crippen LogP contribution in [0.1, 0.15) is 38.3 Å². The van der Waals surface area contributed by atoms with Gasteiger partial charge in [0, 0.05) is 23.7 Å². The molecular formula is C15H24FN3. The zero-order valence-electron chi connectivity index (χ0n) is 12.2. The van der Waals surface area contributed by atoms with Crippen LogP contribution in [-0.2, 0) is 6.54 Å². The van der Waals surface area contributed by atoms with E-state index in [-0.39, 0.29) is 11.7 Å². The van der Waals surface area contributed by atoms with Crippen molar-refractivity contribution in [2.75, 3.05) is 7.05 Å². The fourth-order valence-electron chi connectivity index (χ4n) is 2.13. The summed E-state index contributed by atoms with van der Waals surface area (Å²) in [6, 6.07) is 5.15. The minimum absolute atomic E-state index is 0.105. The highest BCUT2D eigenvalue weighted by atomic mass is 19.1. The van der Waals surface area contributed by atoms with Crippen molar-refractivity contribution in [1.82, 2.24) is 4.90 Å². The molecule has 1 rings (SSSR count). The molecule has 3 nitrogen and oxygen atoms in total. The number of nitrogen functional groups attached to an aromatic ring is 1. The van der Waals surface area contributed by atoms with E-state index in [2.05, 4.69) is 25.7 Å². The van der Waals surface area contributed by atoms with Crippen molar-refractivity contribution >= 4 is 5.84 Å². The molecule has 0 aliphatic carbocycles. The number of amidine groups is 1. The molecule has 1 aromatic carbocycles. The number of halogens is 1. The summed E-state index contributed by atoms with van der Waals surface area (Å²) < 4.78 is 13.9. The van der Waals surface area contributed by atoms with Crippen LogP contribution in [0.4, 0.5) is 4.39 Å². The molecule has 0 aliphatic heterocycles. The van der Waals surface area contributed by atoms with Gasteiger partial charge in [-0.15, -0.1) is 0 Å². The molecule has 0 fully saturated rings. The number of nitrogens with two attached hydrogens (primary N) is 1. The summed E-state index contributed by atoms with van der Waals surface area (Å²) in [5.74, 6) is 0.227. The number of rotatable bonds is 6. The number of hydrogen-bond donors (Lipinski definition) is 2. The number of hydrogen-bond acceptors (Lipinski definition) is 2. The lowest BCUT2D eigenvalue weighted by molar-refractivity contribution is 0.218. The first-order valence-corrected chi connectivity index (χ1v) is 6.64. The van der Waals surface area contributed by atoms with E-state index in [4.69, 9.17) is 11.1 Å². The fraction of sp³-hybridized carbons (Fsp3) is 0.533. The Morgan fingerprint density at radius 1 is 1.37 bits per heavy atom. The van der Waals surface area contributed by atoms with E-state index in [1.807, 2.05) is 7.05 Å². The van der Waals surface area contributed by atoms with Crippen LogP contribution < -0.4 is 5.73 Å². The lowest BCUT2D eigenvalue weighted by Gasteiger charge is -2.26. The predicted molar refractivity (Wildman–Crippen MR) is 77.8 cm³/mol. The highest BCUT2D eigenvalue weighted by Gasteiger charge is 2.13. The third-order valence-corrected chi connectivity index (χ3v) is 3.35. The monoisotopic (exact) mass is 265 g/mol. The standard InChI is InChI=1S/C15H24FN3/c1-10(2)7-11(3)19(4)9-13-6-5-12(15(17)18)8-14(13)16/h5-6,8,10-11H,7,9H2,1-4H3,(H3,17,18). The maximum absolute atomic E-state index is 13.9. The topological polar surface area (TPSA) is 53.1 Å². The summed E-state index contributed by atoms with van der Waals surface area (Å²) in [4.78, 5) is 2.14. The first-order valence-electron chi connectivity index (χ1n) is 6.64. The molecule has 4 heteroatoms. The third kappa shape index (κ3) is 4.63. The molecule has 106 valence electrons. The minimum Gasteiger partial charge on any atom is -0.384 e. The lowest BCUT2D eigenvalue weighted by atomic mass is 10.0. The molecule has 0 aliphatic rings. The van der Waals surface area contributed by atoms with Gasteiger partial charge >= 0.3 is 0 Å². The van der Waals surface area contributed by atoms with Gasteiger partial charge in [-0.05, 0) is 32.4 Å². The quantitative estimate of drug-likeness (QED) is 0.613. The normalized spacial score (nSPS) is 13.0. The van der Waals surface area contributed by atoms with Crippen LogP contribution in [0.25, 0.3) is 0 Å². The zero-order valence-corrected chi connectivity index (χ0v) is 12.2. The van der Waals surface area contributed by atoms with Crippen molar-refractivity contribution in [3.63, 3.8) is 0 Å². The van der Waals surface area contributed by atoms with Crippen LogP contribution >= 0.6 is 0 Å². The maximum atomic E-state index is 13.9. The van der Waals surface area contributed by atoms with E-state index < -0.39 is 0 Å². The van der Waals surface area contributed by atoms with Gasteiger partial charge in [-0.3, -0.25) is 10.3 Å². The Morgan fingerprint density at radius 3 is 2.47 bits per heavy atom. The average molecular weight is 265 g/mol. The Kier molecular flexibility index (Phi) is 5.48. The first-order chi connectivity index (χ1) is 8.81. The van der Waals surface area contributed by atoms with Crippen molar-refractivity contribution in [3.8, 4) is 0 Å². The molecule has 0 saturated heterocycles. The number of nitrogens with one attached hydrogen (secondary N) is 1. The number of benzene rings is 1. The molecule has 19 heavy (non-hydrogen) atoms. The summed E-state index contributed by atoms with van der Waals surface area (Å²) in [5.41, 5.74) is 6.41. The van der Waals surface area contributed by atoms with E-state index in [1.54, 1.807) is 12.1 Å².